The molecule has 1 unspecified atom stereocenters. The fourth-order valence-electron chi connectivity index (χ4n) is 5.68. The Morgan fingerprint density at radius 3 is 2.14 bits per heavy atom. The van der Waals surface area contributed by atoms with E-state index in [1.165, 1.54) is 0 Å². The first-order valence-corrected chi connectivity index (χ1v) is 19.0. The number of aromatic nitrogens is 1. The Labute approximate surface area is 299 Å². The van der Waals surface area contributed by atoms with Crippen molar-refractivity contribution in [2.45, 2.75) is 103 Å². The van der Waals surface area contributed by atoms with Gasteiger partial charge in [0.25, 0.3) is 5.91 Å². The zero-order chi connectivity index (χ0) is 35.4. The number of aliphatic hydroxyl groups excluding tert-OH is 1. The molecule has 272 valence electrons. The van der Waals surface area contributed by atoms with Gasteiger partial charge >= 0.3 is 0 Å². The summed E-state index contributed by atoms with van der Waals surface area (Å²) >= 11 is 1.13. The number of halogens is 3. The van der Waals surface area contributed by atoms with Crippen LogP contribution in [0, 0.1) is 25.5 Å². The molecule has 0 radical (unpaired) electrons. The summed E-state index contributed by atoms with van der Waals surface area (Å²) in [5.41, 5.74) is 2.77. The number of benzene rings is 2. The fourth-order valence-corrected chi connectivity index (χ4v) is 8.66. The van der Waals surface area contributed by atoms with Gasteiger partial charge in [-0.1, -0.05) is 57.9 Å². The van der Waals surface area contributed by atoms with Crippen LogP contribution in [0.15, 0.2) is 42.5 Å². The smallest absolute Gasteiger partial charge is 0.263 e. The minimum absolute atomic E-state index is 0. The second-order valence-electron chi connectivity index (χ2n) is 12.2. The summed E-state index contributed by atoms with van der Waals surface area (Å²) in [4.78, 5) is 31.8. The first kappa shape index (κ1) is 42.2. The van der Waals surface area contributed by atoms with Crippen molar-refractivity contribution in [1.29, 1.82) is 0 Å². The molecule has 2 aromatic carbocycles. The minimum atomic E-state index is -3.86. The molecule has 0 aliphatic rings. The third kappa shape index (κ3) is 13.0. The highest BCUT2D eigenvalue weighted by Crippen LogP contribution is 2.20. The number of carbonyl (C=O) groups excluding carboxylic acids is 2. The maximum absolute atomic E-state index is 14.1. The van der Waals surface area contributed by atoms with E-state index in [2.05, 4.69) is 20.9 Å². The molecule has 49 heavy (non-hydrogen) atoms. The maximum atomic E-state index is 14.1. The van der Waals surface area contributed by atoms with Gasteiger partial charge in [0, 0.05) is 19.2 Å². The number of carbonyl (C=O) groups is 2. The summed E-state index contributed by atoms with van der Waals surface area (Å²) in [5, 5.41) is 19.7. The molecule has 9 nitrogen and oxygen atoms in total. The van der Waals surface area contributed by atoms with Crippen LogP contribution < -0.4 is 16.0 Å². The third-order valence-electron chi connectivity index (χ3n) is 8.11. The molecule has 0 saturated heterocycles. The Morgan fingerprint density at radius 2 is 1.57 bits per heavy atom. The highest BCUT2D eigenvalue weighted by molar-refractivity contribution is 7.92. The van der Waals surface area contributed by atoms with Gasteiger partial charge < -0.3 is 21.1 Å². The lowest BCUT2D eigenvalue weighted by atomic mass is 10.00. The van der Waals surface area contributed by atoms with Crippen molar-refractivity contribution >= 4 is 45.4 Å². The number of nitrogens with one attached hydrogen (secondary N) is 3. The molecule has 2 amide bonds. The number of rotatable bonds is 19. The molecule has 0 aliphatic carbocycles. The van der Waals surface area contributed by atoms with Gasteiger partial charge in [-0.3, -0.25) is 9.59 Å². The lowest BCUT2D eigenvalue weighted by Crippen LogP contribution is -2.57. The Bertz CT molecular complexity index is 1610. The van der Waals surface area contributed by atoms with E-state index in [9.17, 15) is 31.9 Å². The summed E-state index contributed by atoms with van der Waals surface area (Å²) in [5.74, 6) is -3.77. The van der Waals surface area contributed by atoms with Crippen LogP contribution in [0.3, 0.4) is 0 Å². The molecule has 0 fully saturated rings. The van der Waals surface area contributed by atoms with Gasteiger partial charge in [-0.05, 0) is 68.4 Å². The van der Waals surface area contributed by atoms with Crippen LogP contribution in [0.2, 0.25) is 0 Å². The van der Waals surface area contributed by atoms with Crippen LogP contribution in [0.4, 0.5) is 8.78 Å². The molecule has 3 aromatic rings. The molecule has 1 heterocycles. The van der Waals surface area contributed by atoms with Crippen molar-refractivity contribution < 1.29 is 31.9 Å². The predicted molar refractivity (Wildman–Crippen MR) is 193 cm³/mol. The molecular weight excluding hydrogens is 694 g/mol. The average molecular weight is 743 g/mol. The van der Waals surface area contributed by atoms with Gasteiger partial charge in [0.05, 0.1) is 33.9 Å². The van der Waals surface area contributed by atoms with Crippen molar-refractivity contribution in [2.24, 2.45) is 0 Å². The van der Waals surface area contributed by atoms with Gasteiger partial charge in [0.2, 0.25) is 5.91 Å². The number of thiazole rings is 1. The van der Waals surface area contributed by atoms with E-state index in [0.29, 0.717) is 42.9 Å². The van der Waals surface area contributed by atoms with Crippen LogP contribution in [0.5, 0.6) is 0 Å². The van der Waals surface area contributed by atoms with E-state index in [-0.39, 0.29) is 35.8 Å². The maximum Gasteiger partial charge on any atom is 0.263 e. The predicted octanol–water partition coefficient (Wildman–Crippen LogP) is 5.38. The van der Waals surface area contributed by atoms with E-state index >= 15 is 0 Å². The van der Waals surface area contributed by atoms with Crippen molar-refractivity contribution in [2.75, 3.05) is 12.3 Å². The summed E-state index contributed by atoms with van der Waals surface area (Å²) in [6, 6.07) is 8.28. The van der Waals surface area contributed by atoms with Gasteiger partial charge in [-0.25, -0.2) is 22.2 Å². The molecule has 3 rings (SSSR count). The first-order chi connectivity index (χ1) is 22.8. The summed E-state index contributed by atoms with van der Waals surface area (Å²) < 4.78 is 55.5. The van der Waals surface area contributed by atoms with Crippen LogP contribution >= 0.6 is 23.7 Å². The third-order valence-corrected chi connectivity index (χ3v) is 11.5. The van der Waals surface area contributed by atoms with E-state index in [0.717, 1.165) is 47.1 Å². The second-order valence-corrected chi connectivity index (χ2v) is 15.7. The molecule has 4 N–H and O–H groups in total. The Kier molecular flexibility index (Phi) is 17.2. The number of aliphatic hydroxyl groups is 1. The Balaban J connectivity index is 0.00000833. The zero-order valence-corrected chi connectivity index (χ0v) is 31.2. The number of hydrogen-bond donors (Lipinski definition) is 4. The van der Waals surface area contributed by atoms with Crippen molar-refractivity contribution in [3.05, 3.63) is 86.4 Å². The number of sulfone groups is 1. The zero-order valence-electron chi connectivity index (χ0n) is 28.7. The van der Waals surface area contributed by atoms with Crippen molar-refractivity contribution in [3.8, 4) is 0 Å². The molecule has 1 aromatic heterocycles. The summed E-state index contributed by atoms with van der Waals surface area (Å²) in [7, 11) is -3.86. The van der Waals surface area contributed by atoms with Crippen LogP contribution in [0.25, 0.3) is 0 Å². The number of hydrogen-bond acceptors (Lipinski definition) is 8. The van der Waals surface area contributed by atoms with E-state index in [1.807, 2.05) is 45.0 Å². The number of aryl methyl sites for hydroxylation is 3. The second kappa shape index (κ2) is 20.0. The van der Waals surface area contributed by atoms with Crippen molar-refractivity contribution in [3.63, 3.8) is 0 Å². The Morgan fingerprint density at radius 1 is 0.939 bits per heavy atom. The summed E-state index contributed by atoms with van der Waals surface area (Å²) in [6.07, 6.45) is 1.52. The normalized spacial score (nSPS) is 13.4. The number of nitrogens with zero attached hydrogens (tertiary/aromatic N) is 1. The monoisotopic (exact) mass is 742 g/mol. The molecule has 0 aliphatic heterocycles. The van der Waals surface area contributed by atoms with Gasteiger partial charge in [0.1, 0.15) is 22.6 Å². The molecule has 14 heteroatoms. The molecule has 0 spiro atoms. The lowest BCUT2D eigenvalue weighted by Gasteiger charge is -2.28. The van der Waals surface area contributed by atoms with E-state index < -0.39 is 62.5 Å². The SMILES string of the molecule is CCCC(CCC)S(=O)(=O)CC(NC(=O)c1sc(C)nc1C)C(=O)N[C@@H](Cc1cc(F)cc(F)c1)[C@H](O)CNCc1cccc(CC)c1.Cl. The fraction of sp³-hybridized carbons (Fsp3) is 0.514. The van der Waals surface area contributed by atoms with Crippen molar-refractivity contribution in [1.82, 2.24) is 20.9 Å². The van der Waals surface area contributed by atoms with Gasteiger partial charge in [-0.2, -0.15) is 0 Å². The lowest BCUT2D eigenvalue weighted by molar-refractivity contribution is -0.124. The standard InChI is InChI=1S/C35H48F2N4O5S2.ClH/c1-6-10-29(11-7-2)48(45,46)21-31(41-35(44)33-22(4)39-23(5)47-33)34(43)40-30(17-26-15-27(36)18-28(37)16-26)32(42)20-38-19-25-13-9-12-24(8-3)14-25;/h9,12-16,18,29-32,38,42H,6-8,10-11,17,19-21H2,1-5H3,(H,40,43)(H,41,44);1H/t30-,31?,32+;/m0./s1. The highest BCUT2D eigenvalue weighted by atomic mass is 35.5. The summed E-state index contributed by atoms with van der Waals surface area (Å²) in [6.45, 7) is 9.62. The average Bonchev–Trinajstić information content (AvgIpc) is 3.37. The van der Waals surface area contributed by atoms with E-state index in [4.69, 9.17) is 0 Å². The van der Waals surface area contributed by atoms with Gasteiger partial charge in [0.15, 0.2) is 9.84 Å². The quantitative estimate of drug-likeness (QED) is 0.129. The molecular formula is C35H49ClF2N4O5S2. The Hall–Kier alpha value is -2.97. The van der Waals surface area contributed by atoms with Crippen LogP contribution in [0.1, 0.15) is 83.5 Å². The first-order valence-electron chi connectivity index (χ1n) is 16.4. The van der Waals surface area contributed by atoms with Gasteiger partial charge in [-0.15, -0.1) is 23.7 Å². The minimum Gasteiger partial charge on any atom is -0.390 e. The molecule has 0 bridgehead atoms. The topological polar surface area (TPSA) is 137 Å². The largest absolute Gasteiger partial charge is 0.390 e. The van der Waals surface area contributed by atoms with Crippen LogP contribution in [-0.4, -0.2) is 66.1 Å². The van der Waals surface area contributed by atoms with Crippen LogP contribution in [-0.2, 0) is 34.0 Å². The van der Waals surface area contributed by atoms with E-state index in [1.54, 1.807) is 13.8 Å². The molecule has 3 atom stereocenters. The highest BCUT2D eigenvalue weighted by Gasteiger charge is 2.35. The number of amides is 2. The molecule has 0 saturated carbocycles.